The maximum Gasteiger partial charge on any atom is 0.311 e. The summed E-state index contributed by atoms with van der Waals surface area (Å²) in [6.45, 7) is 3.13. The van der Waals surface area contributed by atoms with Crippen molar-refractivity contribution in [2.45, 2.75) is 13.5 Å². The zero-order valence-electron chi connectivity index (χ0n) is 12.1. The number of benzene rings is 1. The molecule has 0 aliphatic carbocycles. The van der Waals surface area contributed by atoms with Crippen molar-refractivity contribution in [2.75, 3.05) is 11.9 Å². The molecule has 0 unspecified atom stereocenters. The Kier molecular flexibility index (Phi) is 3.69. The number of anilines is 1. The molecule has 1 N–H and O–H groups in total. The van der Waals surface area contributed by atoms with E-state index < -0.39 is 4.92 Å². The molecule has 0 amide bonds. The molecule has 0 aliphatic heterocycles. The van der Waals surface area contributed by atoms with Gasteiger partial charge in [-0.3, -0.25) is 10.1 Å². The van der Waals surface area contributed by atoms with Crippen LogP contribution < -0.4 is 5.32 Å². The van der Waals surface area contributed by atoms with Gasteiger partial charge in [0, 0.05) is 25.4 Å². The minimum absolute atomic E-state index is 0.0188. The maximum absolute atomic E-state index is 11.0. The predicted molar refractivity (Wildman–Crippen MR) is 83.9 cm³/mol. The molecule has 0 fully saturated rings. The summed E-state index contributed by atoms with van der Waals surface area (Å²) in [6, 6.07) is 10.9. The van der Waals surface area contributed by atoms with Crippen LogP contribution in [0.15, 0.2) is 42.6 Å². The van der Waals surface area contributed by atoms with Gasteiger partial charge < -0.3 is 9.88 Å². The molecule has 0 radical (unpaired) electrons. The van der Waals surface area contributed by atoms with Crippen LogP contribution in [0, 0.1) is 17.0 Å². The van der Waals surface area contributed by atoms with E-state index in [0.29, 0.717) is 13.1 Å². The summed E-state index contributed by atoms with van der Waals surface area (Å²) in [7, 11) is 0. The lowest BCUT2D eigenvalue weighted by molar-refractivity contribution is -0.384. The number of nitro groups is 1. The molecule has 3 aromatic rings. The van der Waals surface area contributed by atoms with Gasteiger partial charge in [0.1, 0.15) is 5.82 Å². The van der Waals surface area contributed by atoms with E-state index in [2.05, 4.69) is 19.9 Å². The van der Waals surface area contributed by atoms with Crippen LogP contribution in [0.1, 0.15) is 5.82 Å². The average molecular weight is 297 g/mol. The van der Waals surface area contributed by atoms with Crippen LogP contribution in [0.4, 0.5) is 11.5 Å². The molecular weight excluding hydrogens is 282 g/mol. The fraction of sp³-hybridized carbons (Fsp3) is 0.200. The number of pyridine rings is 1. The second kappa shape index (κ2) is 5.80. The Morgan fingerprint density at radius 3 is 2.91 bits per heavy atom. The molecule has 7 nitrogen and oxygen atoms in total. The standard InChI is InChI=1S/C15H15N5O2/c1-11-18-12-5-2-3-6-13(12)19(11)10-9-17-15-14(20(21)22)7-4-8-16-15/h2-8H,9-10H2,1H3,(H,16,17). The SMILES string of the molecule is Cc1nc2ccccc2n1CCNc1ncccc1[N+](=O)[O-]. The van der Waals surface area contributed by atoms with Gasteiger partial charge >= 0.3 is 5.69 Å². The summed E-state index contributed by atoms with van der Waals surface area (Å²) in [4.78, 5) is 19.0. The number of hydrogen-bond donors (Lipinski definition) is 1. The van der Waals surface area contributed by atoms with Crippen LogP contribution in [0.5, 0.6) is 0 Å². The van der Waals surface area contributed by atoms with Crippen LogP contribution in [-0.2, 0) is 6.54 Å². The Morgan fingerprint density at radius 2 is 2.09 bits per heavy atom. The zero-order chi connectivity index (χ0) is 15.5. The van der Waals surface area contributed by atoms with Gasteiger partial charge in [-0.15, -0.1) is 0 Å². The molecule has 112 valence electrons. The quantitative estimate of drug-likeness (QED) is 0.578. The molecule has 0 aliphatic rings. The molecule has 0 spiro atoms. The van der Waals surface area contributed by atoms with Gasteiger partial charge in [-0.2, -0.15) is 0 Å². The number of nitrogens with one attached hydrogen (secondary N) is 1. The normalized spacial score (nSPS) is 10.8. The lowest BCUT2D eigenvalue weighted by Gasteiger charge is -2.09. The van der Waals surface area contributed by atoms with Gasteiger partial charge in [-0.25, -0.2) is 9.97 Å². The van der Waals surface area contributed by atoms with Gasteiger partial charge in [-0.05, 0) is 25.1 Å². The number of fused-ring (bicyclic) bond motifs is 1. The number of para-hydroxylation sites is 2. The number of imidazole rings is 1. The molecule has 0 bridgehead atoms. The lowest BCUT2D eigenvalue weighted by atomic mass is 10.3. The van der Waals surface area contributed by atoms with E-state index in [4.69, 9.17) is 0 Å². The van der Waals surface area contributed by atoms with Crippen LogP contribution in [0.2, 0.25) is 0 Å². The van der Waals surface area contributed by atoms with E-state index in [0.717, 1.165) is 16.9 Å². The first-order valence-electron chi connectivity index (χ1n) is 6.92. The average Bonchev–Trinajstić information content (AvgIpc) is 2.83. The van der Waals surface area contributed by atoms with Gasteiger partial charge in [0.2, 0.25) is 5.82 Å². The van der Waals surface area contributed by atoms with Crippen LogP contribution in [0.25, 0.3) is 11.0 Å². The largest absolute Gasteiger partial charge is 0.363 e. The third-order valence-corrected chi connectivity index (χ3v) is 3.46. The molecule has 0 saturated carbocycles. The number of aromatic nitrogens is 3. The van der Waals surface area contributed by atoms with E-state index in [-0.39, 0.29) is 11.5 Å². The van der Waals surface area contributed by atoms with Gasteiger partial charge in [0.25, 0.3) is 0 Å². The Morgan fingerprint density at radius 1 is 1.27 bits per heavy atom. The van der Waals surface area contributed by atoms with Crippen molar-refractivity contribution in [3.8, 4) is 0 Å². The van der Waals surface area contributed by atoms with E-state index in [1.54, 1.807) is 6.07 Å². The Labute approximate surface area is 126 Å². The Bertz CT molecular complexity index is 828. The minimum Gasteiger partial charge on any atom is -0.363 e. The van der Waals surface area contributed by atoms with Crippen LogP contribution in [-0.4, -0.2) is 26.0 Å². The molecule has 2 heterocycles. The first-order chi connectivity index (χ1) is 10.7. The third-order valence-electron chi connectivity index (χ3n) is 3.46. The smallest absolute Gasteiger partial charge is 0.311 e. The van der Waals surface area contributed by atoms with E-state index in [1.807, 2.05) is 31.2 Å². The molecule has 2 aromatic heterocycles. The van der Waals surface area contributed by atoms with E-state index in [9.17, 15) is 10.1 Å². The van der Waals surface area contributed by atoms with Crippen molar-refractivity contribution in [2.24, 2.45) is 0 Å². The van der Waals surface area contributed by atoms with Gasteiger partial charge in [0.05, 0.1) is 16.0 Å². The number of aryl methyl sites for hydroxylation is 1. The van der Waals surface area contributed by atoms with Crippen molar-refractivity contribution in [3.05, 3.63) is 58.5 Å². The molecule has 7 heteroatoms. The molecule has 1 aromatic carbocycles. The molecule has 0 atom stereocenters. The van der Waals surface area contributed by atoms with Crippen molar-refractivity contribution < 1.29 is 4.92 Å². The van der Waals surface area contributed by atoms with Crippen LogP contribution >= 0.6 is 0 Å². The topological polar surface area (TPSA) is 85.9 Å². The first kappa shape index (κ1) is 14.0. The molecule has 22 heavy (non-hydrogen) atoms. The summed E-state index contributed by atoms with van der Waals surface area (Å²) >= 11 is 0. The van der Waals surface area contributed by atoms with Crippen molar-refractivity contribution in [1.82, 2.24) is 14.5 Å². The van der Waals surface area contributed by atoms with Crippen molar-refractivity contribution in [1.29, 1.82) is 0 Å². The fourth-order valence-corrected chi connectivity index (χ4v) is 2.44. The summed E-state index contributed by atoms with van der Waals surface area (Å²) in [5, 5.41) is 14.0. The molecule has 3 rings (SSSR count). The fourth-order valence-electron chi connectivity index (χ4n) is 2.44. The lowest BCUT2D eigenvalue weighted by Crippen LogP contribution is -2.13. The zero-order valence-corrected chi connectivity index (χ0v) is 12.1. The van der Waals surface area contributed by atoms with Crippen molar-refractivity contribution in [3.63, 3.8) is 0 Å². The highest BCUT2D eigenvalue weighted by atomic mass is 16.6. The number of hydrogen-bond acceptors (Lipinski definition) is 5. The first-order valence-corrected chi connectivity index (χ1v) is 6.92. The van der Waals surface area contributed by atoms with Crippen molar-refractivity contribution >= 4 is 22.5 Å². The highest BCUT2D eigenvalue weighted by Crippen LogP contribution is 2.20. The predicted octanol–water partition coefficient (Wildman–Crippen LogP) is 2.76. The molecular formula is C15H15N5O2. The highest BCUT2D eigenvalue weighted by Gasteiger charge is 2.13. The highest BCUT2D eigenvalue weighted by molar-refractivity contribution is 5.75. The van der Waals surface area contributed by atoms with Gasteiger partial charge in [-0.1, -0.05) is 12.1 Å². The molecule has 0 saturated heterocycles. The monoisotopic (exact) mass is 297 g/mol. The summed E-state index contributed by atoms with van der Waals surface area (Å²) in [5.74, 6) is 1.20. The summed E-state index contributed by atoms with van der Waals surface area (Å²) < 4.78 is 2.08. The number of rotatable bonds is 5. The third kappa shape index (κ3) is 2.60. The Balaban J connectivity index is 1.76. The summed E-state index contributed by atoms with van der Waals surface area (Å²) in [6.07, 6.45) is 1.53. The number of nitrogens with zero attached hydrogens (tertiary/aromatic N) is 4. The van der Waals surface area contributed by atoms with E-state index >= 15 is 0 Å². The second-order valence-electron chi connectivity index (χ2n) is 4.85. The minimum atomic E-state index is -0.437. The van der Waals surface area contributed by atoms with Gasteiger partial charge in [0.15, 0.2) is 0 Å². The second-order valence-corrected chi connectivity index (χ2v) is 4.85. The Hall–Kier alpha value is -2.96. The summed E-state index contributed by atoms with van der Waals surface area (Å²) in [5.41, 5.74) is 1.98. The maximum atomic E-state index is 11.0. The van der Waals surface area contributed by atoms with E-state index in [1.165, 1.54) is 12.3 Å². The van der Waals surface area contributed by atoms with Crippen LogP contribution in [0.3, 0.4) is 0 Å².